The fourth-order valence-electron chi connectivity index (χ4n) is 5.44. The van der Waals surface area contributed by atoms with Crippen LogP contribution >= 0.6 is 0 Å². The van der Waals surface area contributed by atoms with Crippen molar-refractivity contribution >= 4 is 11.4 Å². The standard InChI is InChI=1S/C36H40N2O2/c1-35(2,3)27-21-13-19-25(33(27)39)31(37)29(23-15-9-7-10-16-23)30(24-17-11-8-12-18-24)32(38)26-20-14-22-28(34(26)40)36(4,5)6/h7-22,29-30,37-40H,1-6H3/t29-,30-/m1/s1. The summed E-state index contributed by atoms with van der Waals surface area (Å²) in [5.74, 6) is -1.02. The van der Waals surface area contributed by atoms with Gasteiger partial charge in [0.05, 0.1) is 11.4 Å². The lowest BCUT2D eigenvalue weighted by atomic mass is 9.71. The van der Waals surface area contributed by atoms with Gasteiger partial charge in [-0.25, -0.2) is 0 Å². The van der Waals surface area contributed by atoms with Gasteiger partial charge in [0.1, 0.15) is 11.5 Å². The monoisotopic (exact) mass is 532 g/mol. The van der Waals surface area contributed by atoms with E-state index in [1.807, 2.05) is 126 Å². The van der Waals surface area contributed by atoms with Crippen molar-refractivity contribution in [2.24, 2.45) is 0 Å². The fourth-order valence-corrected chi connectivity index (χ4v) is 5.44. The molecule has 0 radical (unpaired) electrons. The largest absolute Gasteiger partial charge is 0.507 e. The molecule has 0 aliphatic carbocycles. The highest BCUT2D eigenvalue weighted by molar-refractivity contribution is 6.13. The van der Waals surface area contributed by atoms with Crippen molar-refractivity contribution in [3.63, 3.8) is 0 Å². The number of phenolic OH excluding ortho intramolecular Hbond substituents is 2. The van der Waals surface area contributed by atoms with Gasteiger partial charge in [0.2, 0.25) is 0 Å². The molecular weight excluding hydrogens is 492 g/mol. The highest BCUT2D eigenvalue weighted by Crippen LogP contribution is 2.43. The van der Waals surface area contributed by atoms with Gasteiger partial charge < -0.3 is 21.0 Å². The molecule has 4 heteroatoms. The molecule has 0 unspecified atom stereocenters. The number of hydrogen-bond acceptors (Lipinski definition) is 4. The molecule has 0 fully saturated rings. The molecule has 4 rings (SSSR count). The third-order valence-electron chi connectivity index (χ3n) is 7.54. The molecule has 0 aliphatic heterocycles. The Morgan fingerprint density at radius 2 is 0.825 bits per heavy atom. The van der Waals surface area contributed by atoms with E-state index < -0.39 is 11.8 Å². The molecule has 206 valence electrons. The van der Waals surface area contributed by atoms with E-state index in [2.05, 4.69) is 0 Å². The molecule has 0 spiro atoms. The van der Waals surface area contributed by atoms with Crippen LogP contribution in [0.25, 0.3) is 0 Å². The van der Waals surface area contributed by atoms with Gasteiger partial charge in [0.15, 0.2) is 0 Å². The van der Waals surface area contributed by atoms with Crippen molar-refractivity contribution in [3.8, 4) is 11.5 Å². The summed E-state index contributed by atoms with van der Waals surface area (Å²) in [5, 5.41) is 42.0. The highest BCUT2D eigenvalue weighted by atomic mass is 16.3. The number of rotatable bonds is 7. The van der Waals surface area contributed by atoms with Gasteiger partial charge in [-0.05, 0) is 45.2 Å². The number of phenols is 2. The van der Waals surface area contributed by atoms with E-state index in [-0.39, 0.29) is 33.8 Å². The number of hydrogen-bond donors (Lipinski definition) is 4. The second-order valence-electron chi connectivity index (χ2n) is 12.5. The molecule has 0 amide bonds. The Morgan fingerprint density at radius 1 is 0.500 bits per heavy atom. The minimum absolute atomic E-state index is 0.0943. The minimum Gasteiger partial charge on any atom is -0.507 e. The van der Waals surface area contributed by atoms with Crippen LogP contribution in [0.2, 0.25) is 0 Å². The maximum atomic E-state index is 11.4. The Hall–Kier alpha value is -4.18. The minimum atomic E-state index is -0.602. The first-order chi connectivity index (χ1) is 18.8. The lowest BCUT2D eigenvalue weighted by Gasteiger charge is -2.32. The van der Waals surface area contributed by atoms with Crippen LogP contribution in [0.4, 0.5) is 0 Å². The smallest absolute Gasteiger partial charge is 0.128 e. The van der Waals surface area contributed by atoms with Crippen LogP contribution in [0.5, 0.6) is 11.5 Å². The summed E-state index contributed by atoms with van der Waals surface area (Å²) in [4.78, 5) is 0. The summed E-state index contributed by atoms with van der Waals surface area (Å²) in [6.45, 7) is 12.2. The molecule has 0 saturated heterocycles. The van der Waals surface area contributed by atoms with E-state index in [1.54, 1.807) is 12.1 Å². The molecule has 0 aliphatic rings. The van der Waals surface area contributed by atoms with E-state index in [9.17, 15) is 21.0 Å². The fraction of sp³-hybridized carbons (Fsp3) is 0.278. The predicted octanol–water partition coefficient (Wildman–Crippen LogP) is 8.70. The van der Waals surface area contributed by atoms with E-state index in [0.717, 1.165) is 22.3 Å². The van der Waals surface area contributed by atoms with E-state index in [4.69, 9.17) is 0 Å². The van der Waals surface area contributed by atoms with Crippen molar-refractivity contribution in [2.45, 2.75) is 64.2 Å². The van der Waals surface area contributed by atoms with E-state index in [0.29, 0.717) is 11.1 Å². The zero-order valence-corrected chi connectivity index (χ0v) is 24.3. The molecule has 4 aromatic rings. The molecule has 2 atom stereocenters. The van der Waals surface area contributed by atoms with Crippen LogP contribution in [0.1, 0.15) is 86.8 Å². The van der Waals surface area contributed by atoms with Gasteiger partial charge in [-0.15, -0.1) is 0 Å². The summed E-state index contributed by atoms with van der Waals surface area (Å²) in [7, 11) is 0. The average molecular weight is 533 g/mol. The van der Waals surface area contributed by atoms with Crippen LogP contribution in [0.15, 0.2) is 97.1 Å². The van der Waals surface area contributed by atoms with E-state index in [1.165, 1.54) is 0 Å². The van der Waals surface area contributed by atoms with Gasteiger partial charge >= 0.3 is 0 Å². The molecule has 0 heterocycles. The van der Waals surface area contributed by atoms with Gasteiger partial charge in [0, 0.05) is 23.0 Å². The molecule has 4 N–H and O–H groups in total. The zero-order chi connectivity index (χ0) is 29.2. The van der Waals surface area contributed by atoms with Gasteiger partial charge in [-0.2, -0.15) is 0 Å². The van der Waals surface area contributed by atoms with Crippen LogP contribution in [0.3, 0.4) is 0 Å². The lowest BCUT2D eigenvalue weighted by Crippen LogP contribution is -2.28. The quantitative estimate of drug-likeness (QED) is 0.179. The zero-order valence-electron chi connectivity index (χ0n) is 24.3. The van der Waals surface area contributed by atoms with Crippen LogP contribution in [0, 0.1) is 10.8 Å². The van der Waals surface area contributed by atoms with Crippen molar-refractivity contribution < 1.29 is 10.2 Å². The Balaban J connectivity index is 1.97. The summed E-state index contributed by atoms with van der Waals surface area (Å²) < 4.78 is 0. The summed E-state index contributed by atoms with van der Waals surface area (Å²) in [6.07, 6.45) is 0. The number of para-hydroxylation sites is 2. The normalized spacial score (nSPS) is 13.4. The second-order valence-corrected chi connectivity index (χ2v) is 12.5. The van der Waals surface area contributed by atoms with Crippen LogP contribution < -0.4 is 0 Å². The van der Waals surface area contributed by atoms with Gasteiger partial charge in [0.25, 0.3) is 0 Å². The summed E-state index contributed by atoms with van der Waals surface area (Å²) in [6, 6.07) is 30.6. The first-order valence-electron chi connectivity index (χ1n) is 13.7. The SMILES string of the molecule is CC(C)(C)c1cccc(C(=N)[C@H](c2ccccc2)[C@H](C(=N)c2cccc(C(C)(C)C)c2O)c2ccccc2)c1O. The van der Waals surface area contributed by atoms with E-state index >= 15 is 0 Å². The Kier molecular flexibility index (Phi) is 8.02. The Morgan fingerprint density at radius 3 is 1.12 bits per heavy atom. The first-order valence-corrected chi connectivity index (χ1v) is 13.7. The molecule has 0 aromatic heterocycles. The molecular formula is C36H40N2O2. The third-order valence-corrected chi connectivity index (χ3v) is 7.54. The van der Waals surface area contributed by atoms with Gasteiger partial charge in [-0.1, -0.05) is 126 Å². The molecule has 0 saturated carbocycles. The Labute approximate surface area is 238 Å². The van der Waals surface area contributed by atoms with Crippen molar-refractivity contribution in [3.05, 3.63) is 130 Å². The van der Waals surface area contributed by atoms with Crippen molar-refractivity contribution in [2.75, 3.05) is 0 Å². The third kappa shape index (κ3) is 5.72. The maximum Gasteiger partial charge on any atom is 0.128 e. The topological polar surface area (TPSA) is 88.2 Å². The Bertz CT molecular complexity index is 1390. The van der Waals surface area contributed by atoms with Crippen LogP contribution in [-0.2, 0) is 10.8 Å². The van der Waals surface area contributed by atoms with Crippen molar-refractivity contribution in [1.29, 1.82) is 10.8 Å². The second kappa shape index (κ2) is 11.1. The predicted molar refractivity (Wildman–Crippen MR) is 166 cm³/mol. The summed E-state index contributed by atoms with van der Waals surface area (Å²) in [5.41, 5.74) is 3.97. The molecule has 4 aromatic carbocycles. The number of aromatic hydroxyl groups is 2. The lowest BCUT2D eigenvalue weighted by molar-refractivity contribution is 0.444. The molecule has 40 heavy (non-hydrogen) atoms. The first kappa shape index (κ1) is 28.8. The number of benzene rings is 4. The van der Waals surface area contributed by atoms with Crippen LogP contribution in [-0.4, -0.2) is 21.6 Å². The number of nitrogens with one attached hydrogen (secondary N) is 2. The molecule has 4 nitrogen and oxygen atoms in total. The van der Waals surface area contributed by atoms with Gasteiger partial charge in [-0.3, -0.25) is 0 Å². The highest BCUT2D eigenvalue weighted by Gasteiger charge is 2.36. The van der Waals surface area contributed by atoms with Crippen molar-refractivity contribution in [1.82, 2.24) is 0 Å². The average Bonchev–Trinajstić information content (AvgIpc) is 2.91. The maximum absolute atomic E-state index is 11.4. The summed E-state index contributed by atoms with van der Waals surface area (Å²) >= 11 is 0. The molecule has 0 bridgehead atoms.